The molecule has 0 radical (unpaired) electrons. The highest BCUT2D eigenvalue weighted by atomic mass is 16.6. The predicted molar refractivity (Wildman–Crippen MR) is 109 cm³/mol. The van der Waals surface area contributed by atoms with Gasteiger partial charge in [0.25, 0.3) is 0 Å². The third kappa shape index (κ3) is 5.61. The number of aliphatic hydroxyl groups excluding tert-OH is 2. The molecule has 0 aromatic rings. The molecule has 1 heterocycles. The molecule has 0 spiro atoms. The van der Waals surface area contributed by atoms with Crippen molar-refractivity contribution in [3.63, 3.8) is 0 Å². The first-order chi connectivity index (χ1) is 13.0. The topological polar surface area (TPSA) is 79.2 Å². The van der Waals surface area contributed by atoms with Crippen LogP contribution in [0.1, 0.15) is 86.5 Å². The van der Waals surface area contributed by atoms with Gasteiger partial charge in [-0.2, -0.15) is 0 Å². The lowest BCUT2D eigenvalue weighted by Gasteiger charge is -2.37. The number of carbonyl (C=O) groups excluding carboxylic acids is 1. The van der Waals surface area contributed by atoms with Crippen LogP contribution in [-0.2, 0) is 9.47 Å². The van der Waals surface area contributed by atoms with Crippen molar-refractivity contribution in [2.45, 2.75) is 116 Å². The Hall–Kier alpha value is -0.850. The normalized spacial score (nSPS) is 28.2. The third-order valence-electron chi connectivity index (χ3n) is 6.18. The highest BCUT2D eigenvalue weighted by molar-refractivity contribution is 5.70. The van der Waals surface area contributed by atoms with Crippen LogP contribution in [0, 0.1) is 11.8 Å². The summed E-state index contributed by atoms with van der Waals surface area (Å²) >= 11 is 0. The van der Waals surface area contributed by atoms with Gasteiger partial charge < -0.3 is 19.7 Å². The van der Waals surface area contributed by atoms with E-state index >= 15 is 0 Å². The SMILES string of the molecule is CC[C@@H](CO)[C@H](O)[C@@H]1OC(C)(C)N(C(=O)OC(C)(C)C)[C@H]1CC1CCCCC1. The quantitative estimate of drug-likeness (QED) is 0.704. The molecule has 2 N–H and O–H groups in total. The van der Waals surface area contributed by atoms with Crippen LogP contribution in [0.4, 0.5) is 4.79 Å². The second-order valence-electron chi connectivity index (χ2n) is 10.0. The number of nitrogens with zero attached hydrogens (tertiary/aromatic N) is 1. The van der Waals surface area contributed by atoms with E-state index in [9.17, 15) is 15.0 Å². The van der Waals surface area contributed by atoms with E-state index in [1.165, 1.54) is 19.3 Å². The van der Waals surface area contributed by atoms with E-state index in [0.717, 1.165) is 19.3 Å². The first-order valence-electron chi connectivity index (χ1n) is 11.0. The zero-order valence-corrected chi connectivity index (χ0v) is 18.6. The molecule has 164 valence electrons. The molecule has 0 bridgehead atoms. The van der Waals surface area contributed by atoms with Gasteiger partial charge in [0.1, 0.15) is 17.4 Å². The fourth-order valence-electron chi connectivity index (χ4n) is 4.73. The Morgan fingerprint density at radius 3 is 2.36 bits per heavy atom. The van der Waals surface area contributed by atoms with Gasteiger partial charge in [0, 0.05) is 12.5 Å². The number of ether oxygens (including phenoxy) is 2. The Balaban J connectivity index is 2.31. The molecule has 1 saturated carbocycles. The van der Waals surface area contributed by atoms with Crippen molar-refractivity contribution in [3.8, 4) is 0 Å². The average Bonchev–Trinajstić information content (AvgIpc) is 2.85. The predicted octanol–water partition coefficient (Wildman–Crippen LogP) is 4.08. The van der Waals surface area contributed by atoms with Crippen molar-refractivity contribution in [2.75, 3.05) is 6.61 Å². The fourth-order valence-corrected chi connectivity index (χ4v) is 4.73. The van der Waals surface area contributed by atoms with Gasteiger partial charge in [0.2, 0.25) is 0 Å². The summed E-state index contributed by atoms with van der Waals surface area (Å²) in [6.07, 6.45) is 5.71. The lowest BCUT2D eigenvalue weighted by molar-refractivity contribution is -0.117. The van der Waals surface area contributed by atoms with Crippen LogP contribution >= 0.6 is 0 Å². The van der Waals surface area contributed by atoms with Gasteiger partial charge in [-0.15, -0.1) is 0 Å². The smallest absolute Gasteiger partial charge is 0.412 e. The molecule has 6 nitrogen and oxygen atoms in total. The van der Waals surface area contributed by atoms with Crippen LogP contribution in [0.15, 0.2) is 0 Å². The van der Waals surface area contributed by atoms with Gasteiger partial charge in [-0.05, 0) is 53.4 Å². The average molecular weight is 400 g/mol. The zero-order valence-electron chi connectivity index (χ0n) is 18.6. The number of hydrogen-bond acceptors (Lipinski definition) is 5. The molecule has 0 unspecified atom stereocenters. The second-order valence-corrected chi connectivity index (χ2v) is 10.0. The van der Waals surface area contributed by atoms with E-state index in [1.807, 2.05) is 41.5 Å². The lowest BCUT2D eigenvalue weighted by Crippen LogP contribution is -2.52. The van der Waals surface area contributed by atoms with Crippen molar-refractivity contribution in [1.82, 2.24) is 4.90 Å². The Morgan fingerprint density at radius 1 is 1.25 bits per heavy atom. The molecule has 2 rings (SSSR count). The van der Waals surface area contributed by atoms with Crippen molar-refractivity contribution in [3.05, 3.63) is 0 Å². The minimum Gasteiger partial charge on any atom is -0.444 e. The first-order valence-corrected chi connectivity index (χ1v) is 11.0. The molecular weight excluding hydrogens is 358 g/mol. The van der Waals surface area contributed by atoms with Crippen molar-refractivity contribution in [1.29, 1.82) is 0 Å². The Morgan fingerprint density at radius 2 is 1.86 bits per heavy atom. The maximum atomic E-state index is 13.1. The number of rotatable bonds is 6. The van der Waals surface area contributed by atoms with Gasteiger partial charge in [-0.3, -0.25) is 4.90 Å². The first kappa shape index (κ1) is 23.4. The van der Waals surface area contributed by atoms with Gasteiger partial charge in [0.05, 0.1) is 12.1 Å². The van der Waals surface area contributed by atoms with Gasteiger partial charge in [-0.1, -0.05) is 39.0 Å². The summed E-state index contributed by atoms with van der Waals surface area (Å²) in [5.41, 5.74) is -1.47. The van der Waals surface area contributed by atoms with Crippen molar-refractivity contribution < 1.29 is 24.5 Å². The van der Waals surface area contributed by atoms with E-state index < -0.39 is 29.6 Å². The summed E-state index contributed by atoms with van der Waals surface area (Å²) in [6, 6.07) is -0.261. The second kappa shape index (κ2) is 9.31. The molecule has 1 aliphatic carbocycles. The summed E-state index contributed by atoms with van der Waals surface area (Å²) in [4.78, 5) is 14.8. The van der Waals surface area contributed by atoms with Crippen LogP contribution in [-0.4, -0.2) is 57.4 Å². The molecule has 2 fully saturated rings. The van der Waals surface area contributed by atoms with E-state index in [4.69, 9.17) is 9.47 Å². The van der Waals surface area contributed by atoms with Gasteiger partial charge in [0.15, 0.2) is 0 Å². The monoisotopic (exact) mass is 399 g/mol. The van der Waals surface area contributed by atoms with Crippen LogP contribution in [0.2, 0.25) is 0 Å². The fraction of sp³-hybridized carbons (Fsp3) is 0.955. The molecule has 4 atom stereocenters. The number of amides is 1. The standard InChI is InChI=1S/C22H41NO5/c1-7-16(14-24)18(25)19-17(13-15-11-9-8-10-12-15)23(22(5,6)27-19)20(26)28-21(2,3)4/h15-19,24-25H,7-14H2,1-6H3/t16-,17-,18-,19+/m0/s1. The van der Waals surface area contributed by atoms with Crippen molar-refractivity contribution in [2.24, 2.45) is 11.8 Å². The van der Waals surface area contributed by atoms with E-state index in [-0.39, 0.29) is 18.6 Å². The molecule has 1 amide bonds. The Kier molecular flexibility index (Phi) is 7.79. The molecule has 0 aromatic carbocycles. The largest absolute Gasteiger partial charge is 0.444 e. The number of aliphatic hydroxyl groups is 2. The highest BCUT2D eigenvalue weighted by Gasteiger charge is 2.54. The maximum absolute atomic E-state index is 13.1. The number of hydrogen-bond donors (Lipinski definition) is 2. The number of carbonyl (C=O) groups is 1. The van der Waals surface area contributed by atoms with Crippen LogP contribution in [0.3, 0.4) is 0 Å². The van der Waals surface area contributed by atoms with E-state index in [0.29, 0.717) is 12.3 Å². The van der Waals surface area contributed by atoms with Crippen molar-refractivity contribution >= 4 is 6.09 Å². The lowest BCUT2D eigenvalue weighted by atomic mass is 9.81. The zero-order chi connectivity index (χ0) is 21.1. The molecule has 0 aromatic heterocycles. The van der Waals surface area contributed by atoms with E-state index in [1.54, 1.807) is 4.90 Å². The van der Waals surface area contributed by atoms with Crippen LogP contribution < -0.4 is 0 Å². The summed E-state index contributed by atoms with van der Waals surface area (Å²) in [5.74, 6) is 0.248. The highest BCUT2D eigenvalue weighted by Crippen LogP contribution is 2.41. The summed E-state index contributed by atoms with van der Waals surface area (Å²) in [5, 5.41) is 20.7. The molecule has 28 heavy (non-hydrogen) atoms. The summed E-state index contributed by atoms with van der Waals surface area (Å²) < 4.78 is 12.0. The molecular formula is C22H41NO5. The molecule has 1 saturated heterocycles. The third-order valence-corrected chi connectivity index (χ3v) is 6.18. The van der Waals surface area contributed by atoms with Gasteiger partial charge >= 0.3 is 6.09 Å². The summed E-state index contributed by atoms with van der Waals surface area (Å²) in [6.45, 7) is 11.1. The van der Waals surface area contributed by atoms with Gasteiger partial charge in [-0.25, -0.2) is 4.79 Å². The molecule has 6 heteroatoms. The minimum absolute atomic E-state index is 0.0967. The molecule has 1 aliphatic heterocycles. The van der Waals surface area contributed by atoms with Crippen LogP contribution in [0.5, 0.6) is 0 Å². The maximum Gasteiger partial charge on any atom is 0.412 e. The molecule has 2 aliphatic rings. The Labute approximate surface area is 170 Å². The Bertz CT molecular complexity index is 506. The summed E-state index contributed by atoms with van der Waals surface area (Å²) in [7, 11) is 0. The van der Waals surface area contributed by atoms with E-state index in [2.05, 4.69) is 0 Å². The van der Waals surface area contributed by atoms with Crippen LogP contribution in [0.25, 0.3) is 0 Å². The minimum atomic E-state index is -0.874.